The van der Waals surface area contributed by atoms with E-state index < -0.39 is 0 Å². The third kappa shape index (κ3) is 2.78. The normalized spacial score (nSPS) is 25.6. The first-order valence-corrected chi connectivity index (χ1v) is 8.64. The highest BCUT2D eigenvalue weighted by Crippen LogP contribution is 2.48. The minimum atomic E-state index is 0.160. The zero-order valence-electron chi connectivity index (χ0n) is 12.9. The molecule has 1 saturated heterocycles. The van der Waals surface area contributed by atoms with Crippen molar-refractivity contribution in [3.05, 3.63) is 16.1 Å². The van der Waals surface area contributed by atoms with Crippen LogP contribution in [0.3, 0.4) is 0 Å². The summed E-state index contributed by atoms with van der Waals surface area (Å²) in [5.41, 5.74) is 1.91. The number of nitrogens with zero attached hydrogens (tertiary/aromatic N) is 1. The second-order valence-corrected chi connectivity index (χ2v) is 8.27. The standard InChI is InChI=1S/C16H26N2OS/c1-15(2,3)13-11-20-14(18-13)10-17-12-4-5-16(12)6-8-19-9-7-16/h11-12,17H,4-10H2,1-3H3. The van der Waals surface area contributed by atoms with Gasteiger partial charge < -0.3 is 10.1 Å². The highest BCUT2D eigenvalue weighted by atomic mass is 32.1. The van der Waals surface area contributed by atoms with Gasteiger partial charge in [-0.2, -0.15) is 0 Å². The van der Waals surface area contributed by atoms with Crippen molar-refractivity contribution in [2.75, 3.05) is 13.2 Å². The molecule has 2 heterocycles. The average Bonchev–Trinajstić information content (AvgIpc) is 2.87. The van der Waals surface area contributed by atoms with E-state index in [1.165, 1.54) is 36.4 Å². The summed E-state index contributed by atoms with van der Waals surface area (Å²) in [6, 6.07) is 0.674. The lowest BCUT2D eigenvalue weighted by molar-refractivity contribution is -0.0552. The van der Waals surface area contributed by atoms with Gasteiger partial charge in [0.25, 0.3) is 0 Å². The topological polar surface area (TPSA) is 34.1 Å². The number of thiazole rings is 1. The Bertz CT molecular complexity index is 457. The molecular weight excluding hydrogens is 268 g/mol. The van der Waals surface area contributed by atoms with Crippen molar-refractivity contribution in [2.45, 2.75) is 64.5 Å². The Morgan fingerprint density at radius 2 is 2.10 bits per heavy atom. The number of ether oxygens (including phenoxy) is 1. The molecule has 0 aromatic carbocycles. The van der Waals surface area contributed by atoms with Crippen LogP contribution in [0, 0.1) is 5.41 Å². The Balaban J connectivity index is 1.56. The third-order valence-corrected chi connectivity index (χ3v) is 5.83. The van der Waals surface area contributed by atoms with Crippen LogP contribution in [0.2, 0.25) is 0 Å². The molecule has 1 aromatic heterocycles. The van der Waals surface area contributed by atoms with E-state index in [1.807, 2.05) is 0 Å². The lowest BCUT2D eigenvalue weighted by Gasteiger charge is -2.52. The number of nitrogens with one attached hydrogen (secondary N) is 1. The molecule has 3 rings (SSSR count). The molecule has 3 nitrogen and oxygen atoms in total. The van der Waals surface area contributed by atoms with Gasteiger partial charge in [-0.3, -0.25) is 0 Å². The summed E-state index contributed by atoms with van der Waals surface area (Å²) in [7, 11) is 0. The Morgan fingerprint density at radius 3 is 2.65 bits per heavy atom. The Kier molecular flexibility index (Phi) is 3.91. The SMILES string of the molecule is CC(C)(C)c1csc(CNC2CCC23CCOCC3)n1. The molecule has 1 aliphatic heterocycles. The molecule has 1 N–H and O–H groups in total. The van der Waals surface area contributed by atoms with Gasteiger partial charge in [0.2, 0.25) is 0 Å². The maximum atomic E-state index is 5.51. The van der Waals surface area contributed by atoms with Gasteiger partial charge in [-0.15, -0.1) is 11.3 Å². The molecule has 0 amide bonds. The van der Waals surface area contributed by atoms with E-state index >= 15 is 0 Å². The maximum Gasteiger partial charge on any atom is 0.107 e. The number of aromatic nitrogens is 1. The number of rotatable bonds is 3. The summed E-state index contributed by atoms with van der Waals surface area (Å²) >= 11 is 1.79. The van der Waals surface area contributed by atoms with Crippen LogP contribution in [0.5, 0.6) is 0 Å². The van der Waals surface area contributed by atoms with Crippen molar-refractivity contribution in [2.24, 2.45) is 5.41 Å². The fraction of sp³-hybridized carbons (Fsp3) is 0.812. The van der Waals surface area contributed by atoms with Crippen molar-refractivity contribution in [1.29, 1.82) is 0 Å². The van der Waals surface area contributed by atoms with E-state index in [2.05, 4.69) is 31.5 Å². The summed E-state index contributed by atoms with van der Waals surface area (Å²) in [6.07, 6.45) is 5.15. The van der Waals surface area contributed by atoms with Gasteiger partial charge in [-0.05, 0) is 31.1 Å². The highest BCUT2D eigenvalue weighted by molar-refractivity contribution is 7.09. The first-order valence-electron chi connectivity index (χ1n) is 7.76. The van der Waals surface area contributed by atoms with E-state index in [1.54, 1.807) is 11.3 Å². The van der Waals surface area contributed by atoms with Crippen molar-refractivity contribution in [1.82, 2.24) is 10.3 Å². The molecule has 1 aromatic rings. The minimum absolute atomic E-state index is 0.160. The predicted octanol–water partition coefficient (Wildman–Crippen LogP) is 3.49. The van der Waals surface area contributed by atoms with E-state index in [-0.39, 0.29) is 5.41 Å². The van der Waals surface area contributed by atoms with Crippen LogP contribution in [0.4, 0.5) is 0 Å². The number of hydrogen-bond acceptors (Lipinski definition) is 4. The third-order valence-electron chi connectivity index (χ3n) is 4.98. The molecule has 2 fully saturated rings. The summed E-state index contributed by atoms with van der Waals surface area (Å²) < 4.78 is 5.51. The molecule has 1 aliphatic carbocycles. The van der Waals surface area contributed by atoms with Crippen LogP contribution in [0.25, 0.3) is 0 Å². The van der Waals surface area contributed by atoms with Crippen LogP contribution in [0.1, 0.15) is 57.2 Å². The second-order valence-electron chi connectivity index (χ2n) is 7.32. The van der Waals surface area contributed by atoms with Crippen molar-refractivity contribution >= 4 is 11.3 Å². The number of hydrogen-bond donors (Lipinski definition) is 1. The Morgan fingerprint density at radius 1 is 1.35 bits per heavy atom. The van der Waals surface area contributed by atoms with Crippen molar-refractivity contribution in [3.8, 4) is 0 Å². The first-order chi connectivity index (χ1) is 9.50. The monoisotopic (exact) mass is 294 g/mol. The molecule has 1 unspecified atom stereocenters. The fourth-order valence-corrected chi connectivity index (χ4v) is 4.31. The van der Waals surface area contributed by atoms with Crippen LogP contribution < -0.4 is 5.32 Å². The highest BCUT2D eigenvalue weighted by Gasteiger charge is 2.46. The average molecular weight is 294 g/mol. The first kappa shape index (κ1) is 14.5. The van der Waals surface area contributed by atoms with Gasteiger partial charge in [-0.1, -0.05) is 20.8 Å². The van der Waals surface area contributed by atoms with Gasteiger partial charge in [0.05, 0.1) is 5.69 Å². The van der Waals surface area contributed by atoms with E-state index in [4.69, 9.17) is 9.72 Å². The predicted molar refractivity (Wildman–Crippen MR) is 83.2 cm³/mol. The lowest BCUT2D eigenvalue weighted by atomic mass is 9.60. The summed E-state index contributed by atoms with van der Waals surface area (Å²) in [6.45, 7) is 9.49. The fourth-order valence-electron chi connectivity index (χ4n) is 3.34. The van der Waals surface area contributed by atoms with Gasteiger partial charge in [0, 0.05) is 36.6 Å². The zero-order valence-corrected chi connectivity index (χ0v) is 13.7. The molecule has 4 heteroatoms. The molecule has 1 spiro atoms. The van der Waals surface area contributed by atoms with Crippen molar-refractivity contribution in [3.63, 3.8) is 0 Å². The van der Waals surface area contributed by atoms with Crippen LogP contribution in [0.15, 0.2) is 5.38 Å². The summed E-state index contributed by atoms with van der Waals surface area (Å²) in [5, 5.41) is 7.19. The van der Waals surface area contributed by atoms with Gasteiger partial charge >= 0.3 is 0 Å². The van der Waals surface area contributed by atoms with E-state index in [0.29, 0.717) is 11.5 Å². The quantitative estimate of drug-likeness (QED) is 0.926. The molecule has 1 atom stereocenters. The Hall–Kier alpha value is -0.450. The second kappa shape index (κ2) is 5.39. The van der Waals surface area contributed by atoms with Gasteiger partial charge in [0.1, 0.15) is 5.01 Å². The smallest absolute Gasteiger partial charge is 0.107 e. The molecule has 112 valence electrons. The van der Waals surface area contributed by atoms with Crippen LogP contribution in [-0.4, -0.2) is 24.2 Å². The van der Waals surface area contributed by atoms with Gasteiger partial charge in [0.15, 0.2) is 0 Å². The van der Waals surface area contributed by atoms with E-state index in [9.17, 15) is 0 Å². The Labute approximate surface area is 126 Å². The van der Waals surface area contributed by atoms with Crippen LogP contribution >= 0.6 is 11.3 Å². The molecule has 20 heavy (non-hydrogen) atoms. The molecular formula is C16H26N2OS. The summed E-state index contributed by atoms with van der Waals surface area (Å²) in [5.74, 6) is 0. The molecule has 2 aliphatic rings. The molecule has 0 bridgehead atoms. The van der Waals surface area contributed by atoms with Crippen LogP contribution in [-0.2, 0) is 16.7 Å². The molecule has 1 saturated carbocycles. The van der Waals surface area contributed by atoms with Gasteiger partial charge in [-0.25, -0.2) is 4.98 Å². The van der Waals surface area contributed by atoms with Crippen molar-refractivity contribution < 1.29 is 4.74 Å². The molecule has 0 radical (unpaired) electrons. The lowest BCUT2D eigenvalue weighted by Crippen LogP contribution is -2.55. The zero-order chi connectivity index (χ0) is 14.2. The summed E-state index contributed by atoms with van der Waals surface area (Å²) in [4.78, 5) is 4.78. The van der Waals surface area contributed by atoms with E-state index in [0.717, 1.165) is 19.8 Å². The largest absolute Gasteiger partial charge is 0.381 e. The maximum absolute atomic E-state index is 5.51. The minimum Gasteiger partial charge on any atom is -0.381 e.